The van der Waals surface area contributed by atoms with Crippen LogP contribution in [-0.2, 0) is 24.0 Å². The van der Waals surface area contributed by atoms with Gasteiger partial charge in [-0.3, -0.25) is 14.4 Å². The molecule has 3 heterocycles. The highest BCUT2D eigenvalue weighted by molar-refractivity contribution is 7.83. The van der Waals surface area contributed by atoms with Gasteiger partial charge in [-0.15, -0.1) is 0 Å². The van der Waals surface area contributed by atoms with Gasteiger partial charge in [0.15, 0.2) is 0 Å². The summed E-state index contributed by atoms with van der Waals surface area (Å²) >= 11 is 0. The Labute approximate surface area is 245 Å². The minimum atomic E-state index is -1.45. The van der Waals surface area contributed by atoms with E-state index < -0.39 is 11.0 Å². The number of benzene rings is 2. The molecule has 2 aliphatic rings. The molecular formula is C32H43FN4O3S. The Kier molecular flexibility index (Phi) is 9.78. The van der Waals surface area contributed by atoms with Crippen molar-refractivity contribution in [1.29, 1.82) is 0 Å². The number of likely N-dealkylation sites (N-methyl/N-ethyl adjacent to an activating group) is 2. The molecule has 7 nitrogen and oxygen atoms in total. The second kappa shape index (κ2) is 13.5. The Hall–Kier alpha value is -2.75. The standard InChI is InChI=1S/C32H43FN4O3S/c1-4-5-6-7-8-10-27-26-13-11-23-19-29(26)37-21-25(22-40-30-14-12-24(33)20-28(30)31(27)37)36(3)17-16-35(2)15-9-18-41(39)34-32(23)38/h11-14,19-20,25H,4-10,15-18,21-22H2,1-3H3,(H,34,38)/t25-,41?/m1/s1. The van der Waals surface area contributed by atoms with Gasteiger partial charge in [0.05, 0.1) is 11.7 Å². The highest BCUT2D eigenvalue weighted by Crippen LogP contribution is 2.41. The van der Waals surface area contributed by atoms with Gasteiger partial charge in [-0.25, -0.2) is 8.60 Å². The first-order chi connectivity index (χ1) is 19.9. The van der Waals surface area contributed by atoms with Gasteiger partial charge >= 0.3 is 0 Å². The number of ether oxygens (including phenoxy) is 1. The highest BCUT2D eigenvalue weighted by atomic mass is 32.2. The number of hydrogen-bond acceptors (Lipinski definition) is 5. The van der Waals surface area contributed by atoms with Gasteiger partial charge in [0, 0.05) is 47.4 Å². The van der Waals surface area contributed by atoms with Crippen molar-refractivity contribution in [3.05, 3.63) is 53.3 Å². The Bertz CT molecular complexity index is 1410. The molecule has 0 fully saturated rings. The fourth-order valence-corrected chi connectivity index (χ4v) is 6.87. The minimum absolute atomic E-state index is 0.0752. The molecule has 0 radical (unpaired) electrons. The summed E-state index contributed by atoms with van der Waals surface area (Å²) in [7, 11) is 2.76. The van der Waals surface area contributed by atoms with Crippen molar-refractivity contribution in [3.63, 3.8) is 0 Å². The first-order valence-corrected chi connectivity index (χ1v) is 16.3. The lowest BCUT2D eigenvalue weighted by atomic mass is 9.98. The SMILES string of the molecule is CCCCCCCc1c2n3c4cc(ccc14)C(=O)NS(=O)CCCN(C)CCN(C)[C@@H](COc1ccc(F)cc1-2)C3. The Morgan fingerprint density at radius 1 is 1.05 bits per heavy atom. The molecule has 5 rings (SSSR count). The van der Waals surface area contributed by atoms with Crippen molar-refractivity contribution in [2.45, 2.75) is 64.5 Å². The minimum Gasteiger partial charge on any atom is -0.491 e. The van der Waals surface area contributed by atoms with Crippen molar-refractivity contribution in [1.82, 2.24) is 19.1 Å². The van der Waals surface area contributed by atoms with Crippen LogP contribution in [0.25, 0.3) is 22.2 Å². The van der Waals surface area contributed by atoms with Crippen LogP contribution in [0.4, 0.5) is 4.39 Å². The Balaban J connectivity index is 1.67. The number of nitrogens with one attached hydrogen (secondary N) is 1. The van der Waals surface area contributed by atoms with Gasteiger partial charge in [-0.05, 0) is 75.8 Å². The van der Waals surface area contributed by atoms with Crippen LogP contribution >= 0.6 is 0 Å². The van der Waals surface area contributed by atoms with E-state index in [-0.39, 0.29) is 17.8 Å². The van der Waals surface area contributed by atoms with E-state index in [1.807, 2.05) is 18.2 Å². The number of carbonyl (C=O) groups excluding carboxylic acids is 1. The molecule has 41 heavy (non-hydrogen) atoms. The molecule has 3 aromatic rings. The number of rotatable bonds is 6. The van der Waals surface area contributed by atoms with Gasteiger partial charge in [-0.1, -0.05) is 38.7 Å². The van der Waals surface area contributed by atoms with Crippen LogP contribution in [0.2, 0.25) is 0 Å². The summed E-state index contributed by atoms with van der Waals surface area (Å²) in [6, 6.07) is 10.6. The average Bonchev–Trinajstić information content (AvgIpc) is 3.24. The second-order valence-electron chi connectivity index (χ2n) is 11.6. The first kappa shape index (κ1) is 29.7. The number of aryl methyl sites for hydroxylation is 1. The van der Waals surface area contributed by atoms with Crippen LogP contribution < -0.4 is 9.46 Å². The van der Waals surface area contributed by atoms with Crippen molar-refractivity contribution in [2.24, 2.45) is 0 Å². The molecule has 4 bridgehead atoms. The fraction of sp³-hybridized carbons (Fsp3) is 0.531. The van der Waals surface area contributed by atoms with E-state index in [1.165, 1.54) is 30.9 Å². The number of hydrogen-bond donors (Lipinski definition) is 1. The molecular weight excluding hydrogens is 539 g/mol. The maximum absolute atomic E-state index is 14.8. The lowest BCUT2D eigenvalue weighted by molar-refractivity contribution is 0.0983. The summed E-state index contributed by atoms with van der Waals surface area (Å²) in [4.78, 5) is 17.8. The molecule has 222 valence electrons. The summed E-state index contributed by atoms with van der Waals surface area (Å²) in [5.41, 5.74) is 4.33. The maximum Gasteiger partial charge on any atom is 0.263 e. The molecule has 2 atom stereocenters. The van der Waals surface area contributed by atoms with E-state index in [0.717, 1.165) is 67.5 Å². The van der Waals surface area contributed by atoms with Gasteiger partial charge in [0.1, 0.15) is 29.2 Å². The third-order valence-electron chi connectivity index (χ3n) is 8.52. The van der Waals surface area contributed by atoms with E-state index in [2.05, 4.69) is 40.1 Å². The summed E-state index contributed by atoms with van der Waals surface area (Å²) < 4.78 is 38.8. The van der Waals surface area contributed by atoms with Gasteiger partial charge in [0.2, 0.25) is 0 Å². The molecule has 1 N–H and O–H groups in total. The van der Waals surface area contributed by atoms with Gasteiger partial charge < -0.3 is 14.2 Å². The van der Waals surface area contributed by atoms with Crippen molar-refractivity contribution in [2.75, 3.05) is 46.1 Å². The smallest absolute Gasteiger partial charge is 0.263 e. The molecule has 1 amide bonds. The topological polar surface area (TPSA) is 66.8 Å². The maximum atomic E-state index is 14.8. The summed E-state index contributed by atoms with van der Waals surface area (Å²) in [5.74, 6) is 0.458. The second-order valence-corrected chi connectivity index (χ2v) is 12.9. The predicted octanol–water partition coefficient (Wildman–Crippen LogP) is 5.38. The molecule has 0 saturated heterocycles. The molecule has 2 aliphatic heterocycles. The molecule has 1 unspecified atom stereocenters. The third kappa shape index (κ3) is 6.84. The summed E-state index contributed by atoms with van der Waals surface area (Å²) in [5, 5.41) is 1.08. The van der Waals surface area contributed by atoms with Crippen LogP contribution in [-0.4, -0.2) is 76.6 Å². The zero-order valence-electron chi connectivity index (χ0n) is 24.6. The molecule has 0 aliphatic carbocycles. The number of amides is 1. The fourth-order valence-electron chi connectivity index (χ4n) is 6.05. The van der Waals surface area contributed by atoms with Crippen LogP contribution in [0.1, 0.15) is 61.4 Å². The zero-order chi connectivity index (χ0) is 28.9. The summed E-state index contributed by atoms with van der Waals surface area (Å²) in [6.45, 7) is 5.85. The lowest BCUT2D eigenvalue weighted by Crippen LogP contribution is -2.44. The van der Waals surface area contributed by atoms with Gasteiger partial charge in [-0.2, -0.15) is 0 Å². The van der Waals surface area contributed by atoms with E-state index in [0.29, 0.717) is 30.2 Å². The number of aromatic nitrogens is 1. The number of halogens is 1. The van der Waals surface area contributed by atoms with E-state index in [1.54, 1.807) is 12.1 Å². The molecule has 0 spiro atoms. The van der Waals surface area contributed by atoms with Crippen molar-refractivity contribution < 1.29 is 18.1 Å². The van der Waals surface area contributed by atoms with Crippen LogP contribution in [0.3, 0.4) is 0 Å². The highest BCUT2D eigenvalue weighted by Gasteiger charge is 2.29. The van der Waals surface area contributed by atoms with Gasteiger partial charge in [0.25, 0.3) is 5.91 Å². The monoisotopic (exact) mass is 582 g/mol. The van der Waals surface area contributed by atoms with Crippen LogP contribution in [0, 0.1) is 5.82 Å². The largest absolute Gasteiger partial charge is 0.491 e. The Morgan fingerprint density at radius 2 is 1.88 bits per heavy atom. The lowest BCUT2D eigenvalue weighted by Gasteiger charge is -2.33. The number of carbonyl (C=O) groups is 1. The van der Waals surface area contributed by atoms with E-state index in [9.17, 15) is 13.4 Å². The predicted molar refractivity (Wildman–Crippen MR) is 164 cm³/mol. The number of fused-ring (bicyclic) bond motifs is 4. The third-order valence-corrected chi connectivity index (χ3v) is 9.59. The van der Waals surface area contributed by atoms with Crippen LogP contribution in [0.15, 0.2) is 36.4 Å². The first-order valence-electron chi connectivity index (χ1n) is 15.0. The van der Waals surface area contributed by atoms with Crippen molar-refractivity contribution >= 4 is 27.8 Å². The molecule has 9 heteroatoms. The number of unbranched alkanes of at least 4 members (excludes halogenated alkanes) is 4. The van der Waals surface area contributed by atoms with E-state index >= 15 is 0 Å². The Morgan fingerprint density at radius 3 is 2.71 bits per heavy atom. The summed E-state index contributed by atoms with van der Waals surface area (Å²) in [6.07, 6.45) is 7.38. The van der Waals surface area contributed by atoms with E-state index in [4.69, 9.17) is 4.74 Å². The average molecular weight is 583 g/mol. The molecule has 2 aromatic carbocycles. The molecule has 1 aromatic heterocycles. The quantitative estimate of drug-likeness (QED) is 0.396. The molecule has 0 saturated carbocycles. The van der Waals surface area contributed by atoms with Crippen LogP contribution in [0.5, 0.6) is 5.75 Å². The normalized spacial score (nSPS) is 20.9. The zero-order valence-corrected chi connectivity index (χ0v) is 25.4. The number of nitrogens with zero attached hydrogens (tertiary/aromatic N) is 3. The van der Waals surface area contributed by atoms with Crippen molar-refractivity contribution in [3.8, 4) is 17.0 Å².